The maximum atomic E-state index is 11.5. The summed E-state index contributed by atoms with van der Waals surface area (Å²) in [6, 6.07) is 0. The van der Waals surface area contributed by atoms with Crippen molar-refractivity contribution in [2.45, 2.75) is 26.2 Å². The van der Waals surface area contributed by atoms with Gasteiger partial charge in [-0.2, -0.15) is 5.10 Å². The van der Waals surface area contributed by atoms with Gasteiger partial charge in [0.25, 0.3) is 0 Å². The Morgan fingerprint density at radius 2 is 2.41 bits per heavy atom. The van der Waals surface area contributed by atoms with Crippen LogP contribution in [0.3, 0.4) is 0 Å². The van der Waals surface area contributed by atoms with Crippen LogP contribution >= 0.6 is 0 Å². The van der Waals surface area contributed by atoms with Gasteiger partial charge < -0.3 is 11.1 Å². The largest absolute Gasteiger partial charge is 0.356 e. The van der Waals surface area contributed by atoms with E-state index in [9.17, 15) is 4.79 Å². The van der Waals surface area contributed by atoms with Crippen molar-refractivity contribution < 1.29 is 4.79 Å². The molecule has 0 saturated carbocycles. The number of nitrogens with one attached hydrogen (secondary N) is 1. The van der Waals surface area contributed by atoms with Gasteiger partial charge >= 0.3 is 0 Å². The van der Waals surface area contributed by atoms with Crippen molar-refractivity contribution in [3.05, 3.63) is 18.0 Å². The molecule has 5 heteroatoms. The molecule has 0 bridgehead atoms. The number of amides is 1. The summed E-state index contributed by atoms with van der Waals surface area (Å²) in [7, 11) is 1.89. The van der Waals surface area contributed by atoms with Crippen LogP contribution in [-0.2, 0) is 18.3 Å². The summed E-state index contributed by atoms with van der Waals surface area (Å²) in [5, 5.41) is 6.98. The Morgan fingerprint density at radius 3 is 3.00 bits per heavy atom. The average Bonchev–Trinajstić information content (AvgIpc) is 2.72. The highest BCUT2D eigenvalue weighted by Crippen LogP contribution is 2.02. The summed E-state index contributed by atoms with van der Waals surface area (Å²) in [6.45, 7) is 3.37. The molecule has 3 N–H and O–H groups in total. The molecule has 0 aromatic carbocycles. The zero-order chi connectivity index (χ0) is 12.7. The third kappa shape index (κ3) is 5.49. The number of carbonyl (C=O) groups is 1. The predicted molar refractivity (Wildman–Crippen MR) is 67.4 cm³/mol. The molecule has 0 aliphatic rings. The smallest absolute Gasteiger partial charge is 0.220 e. The lowest BCUT2D eigenvalue weighted by Gasteiger charge is -2.08. The molecule has 1 rings (SSSR count). The summed E-state index contributed by atoms with van der Waals surface area (Å²) in [6.07, 6.45) is 6.03. The molecule has 1 aromatic heterocycles. The molecule has 17 heavy (non-hydrogen) atoms. The lowest BCUT2D eigenvalue weighted by Crippen LogP contribution is -2.26. The number of nitrogens with zero attached hydrogens (tertiary/aromatic N) is 2. The summed E-state index contributed by atoms with van der Waals surface area (Å²) in [5.74, 6) is 0.522. The third-order valence-electron chi connectivity index (χ3n) is 2.76. The highest BCUT2D eigenvalue weighted by atomic mass is 16.1. The number of carbonyl (C=O) groups excluding carboxylic acids is 1. The quantitative estimate of drug-likeness (QED) is 0.724. The van der Waals surface area contributed by atoms with Crippen LogP contribution in [0.5, 0.6) is 0 Å². The van der Waals surface area contributed by atoms with Crippen LogP contribution in [0.25, 0.3) is 0 Å². The molecule has 0 aliphatic heterocycles. The Bertz CT molecular complexity index is 348. The van der Waals surface area contributed by atoms with Gasteiger partial charge in [0.1, 0.15) is 0 Å². The normalized spacial score (nSPS) is 12.4. The van der Waals surface area contributed by atoms with Crippen LogP contribution in [0.4, 0.5) is 0 Å². The van der Waals surface area contributed by atoms with Gasteiger partial charge in [-0.05, 0) is 30.9 Å². The van der Waals surface area contributed by atoms with E-state index in [-0.39, 0.29) is 5.91 Å². The van der Waals surface area contributed by atoms with Gasteiger partial charge in [-0.3, -0.25) is 9.48 Å². The maximum Gasteiger partial charge on any atom is 0.220 e. The minimum absolute atomic E-state index is 0.106. The first-order chi connectivity index (χ1) is 8.11. The lowest BCUT2D eigenvalue weighted by molar-refractivity contribution is -0.121. The standard InChI is InChI=1S/C12H22N4O/c1-10(7-13)3-4-12(17)14-6-5-11-8-15-16(2)9-11/h8-10H,3-7,13H2,1-2H3,(H,14,17). The second-order valence-corrected chi connectivity index (χ2v) is 4.50. The van der Waals surface area contributed by atoms with Crippen LogP contribution in [0.1, 0.15) is 25.3 Å². The molecule has 96 valence electrons. The Labute approximate surface area is 102 Å². The van der Waals surface area contributed by atoms with Gasteiger partial charge in [-0.25, -0.2) is 0 Å². The SMILES string of the molecule is CC(CN)CCC(=O)NCCc1cnn(C)c1. The predicted octanol–water partition coefficient (Wildman–Crippen LogP) is 0.454. The van der Waals surface area contributed by atoms with Crippen molar-refractivity contribution >= 4 is 5.91 Å². The Kier molecular flexibility index (Phi) is 5.69. The molecule has 0 spiro atoms. The molecule has 0 fully saturated rings. The molecular weight excluding hydrogens is 216 g/mol. The van der Waals surface area contributed by atoms with E-state index >= 15 is 0 Å². The summed E-state index contributed by atoms with van der Waals surface area (Å²) in [5.41, 5.74) is 6.64. The topological polar surface area (TPSA) is 72.9 Å². The van der Waals surface area contributed by atoms with Crippen molar-refractivity contribution in [3.63, 3.8) is 0 Å². The number of hydrogen-bond donors (Lipinski definition) is 2. The van der Waals surface area contributed by atoms with E-state index in [1.165, 1.54) is 0 Å². The fourth-order valence-corrected chi connectivity index (χ4v) is 1.53. The van der Waals surface area contributed by atoms with Crippen LogP contribution in [-0.4, -0.2) is 28.8 Å². The van der Waals surface area contributed by atoms with Crippen LogP contribution in [0.15, 0.2) is 12.4 Å². The average molecular weight is 238 g/mol. The number of aryl methyl sites for hydroxylation is 1. The van der Waals surface area contributed by atoms with Gasteiger partial charge in [0.05, 0.1) is 6.20 Å². The summed E-state index contributed by atoms with van der Waals surface area (Å²) < 4.78 is 1.76. The first-order valence-corrected chi connectivity index (χ1v) is 6.06. The molecule has 0 saturated heterocycles. The summed E-state index contributed by atoms with van der Waals surface area (Å²) >= 11 is 0. The van der Waals surface area contributed by atoms with Gasteiger partial charge in [-0.1, -0.05) is 6.92 Å². The second-order valence-electron chi connectivity index (χ2n) is 4.50. The van der Waals surface area contributed by atoms with E-state index in [1.807, 2.05) is 19.4 Å². The number of rotatable bonds is 7. The van der Waals surface area contributed by atoms with E-state index in [0.717, 1.165) is 18.4 Å². The minimum Gasteiger partial charge on any atom is -0.356 e. The fraction of sp³-hybridized carbons (Fsp3) is 0.667. The monoisotopic (exact) mass is 238 g/mol. The first kappa shape index (κ1) is 13.7. The number of hydrogen-bond acceptors (Lipinski definition) is 3. The van der Waals surface area contributed by atoms with Crippen LogP contribution in [0.2, 0.25) is 0 Å². The van der Waals surface area contributed by atoms with E-state index in [1.54, 1.807) is 4.68 Å². The highest BCUT2D eigenvalue weighted by Gasteiger charge is 2.05. The van der Waals surface area contributed by atoms with Gasteiger partial charge in [0, 0.05) is 26.2 Å². The highest BCUT2D eigenvalue weighted by molar-refractivity contribution is 5.75. The van der Waals surface area contributed by atoms with Gasteiger partial charge in [0.2, 0.25) is 5.91 Å². The molecule has 0 aliphatic carbocycles. The Balaban J connectivity index is 2.12. The van der Waals surface area contributed by atoms with E-state index in [4.69, 9.17) is 5.73 Å². The number of aromatic nitrogens is 2. The van der Waals surface area contributed by atoms with Crippen molar-refractivity contribution in [1.29, 1.82) is 0 Å². The molecule has 1 heterocycles. The van der Waals surface area contributed by atoms with Crippen LogP contribution in [0, 0.1) is 5.92 Å². The molecule has 1 amide bonds. The first-order valence-electron chi connectivity index (χ1n) is 6.06. The van der Waals surface area contributed by atoms with Gasteiger partial charge in [0.15, 0.2) is 0 Å². The zero-order valence-electron chi connectivity index (χ0n) is 10.6. The van der Waals surface area contributed by atoms with Crippen LogP contribution < -0.4 is 11.1 Å². The molecular formula is C12H22N4O. The van der Waals surface area contributed by atoms with E-state index in [0.29, 0.717) is 25.4 Å². The van der Waals surface area contributed by atoms with E-state index < -0.39 is 0 Å². The van der Waals surface area contributed by atoms with Gasteiger partial charge in [-0.15, -0.1) is 0 Å². The maximum absolute atomic E-state index is 11.5. The summed E-state index contributed by atoms with van der Waals surface area (Å²) in [4.78, 5) is 11.5. The molecule has 1 atom stereocenters. The fourth-order valence-electron chi connectivity index (χ4n) is 1.53. The molecule has 1 aromatic rings. The molecule has 1 unspecified atom stereocenters. The molecule has 0 radical (unpaired) electrons. The van der Waals surface area contributed by atoms with E-state index in [2.05, 4.69) is 17.3 Å². The Hall–Kier alpha value is -1.36. The third-order valence-corrected chi connectivity index (χ3v) is 2.76. The second kappa shape index (κ2) is 7.06. The minimum atomic E-state index is 0.106. The zero-order valence-corrected chi connectivity index (χ0v) is 10.6. The van der Waals surface area contributed by atoms with Crippen molar-refractivity contribution in [2.24, 2.45) is 18.7 Å². The Morgan fingerprint density at radius 1 is 1.65 bits per heavy atom. The molecule has 5 nitrogen and oxygen atoms in total. The van der Waals surface area contributed by atoms with Crippen molar-refractivity contribution in [2.75, 3.05) is 13.1 Å². The number of nitrogens with two attached hydrogens (primary N) is 1. The van der Waals surface area contributed by atoms with Crippen molar-refractivity contribution in [3.8, 4) is 0 Å². The van der Waals surface area contributed by atoms with Crippen molar-refractivity contribution in [1.82, 2.24) is 15.1 Å². The lowest BCUT2D eigenvalue weighted by atomic mass is 10.1.